The summed E-state index contributed by atoms with van der Waals surface area (Å²) < 4.78 is 21.6. The first-order chi connectivity index (χ1) is 15.7. The van der Waals surface area contributed by atoms with Crippen LogP contribution in [0.5, 0.6) is 23.0 Å². The molecule has 0 aliphatic carbocycles. The number of hydrogen-bond acceptors (Lipinski definition) is 11. The zero-order valence-corrected chi connectivity index (χ0v) is 17.2. The van der Waals surface area contributed by atoms with Crippen molar-refractivity contribution in [2.45, 2.75) is 31.5 Å². The summed E-state index contributed by atoms with van der Waals surface area (Å²) in [6, 6.07) is 7.61. The molecule has 0 unspecified atom stereocenters. The van der Waals surface area contributed by atoms with E-state index in [-0.39, 0.29) is 40.4 Å². The number of phenolic OH excluding ortho intramolecular Hbond substituents is 3. The molecule has 0 amide bonds. The van der Waals surface area contributed by atoms with Crippen LogP contribution in [0.25, 0.3) is 22.3 Å². The highest BCUT2D eigenvalue weighted by Gasteiger charge is 2.45. The van der Waals surface area contributed by atoms with Crippen LogP contribution < -0.4 is 10.2 Å². The molecule has 5 N–H and O–H groups in total. The molecule has 0 bridgehead atoms. The SMILES string of the molecule is CC(=O)OC[C@@H]1O[C@@H](Oc2c(-c3ccc(O)cc3)oc3cc(O)cc(O)c3c2=O)[C@H](O)[C@H]1O. The number of fused-ring (bicyclic) bond motifs is 1. The Bertz CT molecular complexity index is 1250. The van der Waals surface area contributed by atoms with Gasteiger partial charge in [0.1, 0.15) is 53.1 Å². The summed E-state index contributed by atoms with van der Waals surface area (Å²) in [6.45, 7) is 0.810. The van der Waals surface area contributed by atoms with Crippen molar-refractivity contribution in [1.82, 2.24) is 0 Å². The number of esters is 1. The molecule has 3 aromatic rings. The van der Waals surface area contributed by atoms with Crippen molar-refractivity contribution in [1.29, 1.82) is 0 Å². The molecule has 2 heterocycles. The fourth-order valence-corrected chi connectivity index (χ4v) is 3.44. The highest BCUT2D eigenvalue weighted by Crippen LogP contribution is 2.37. The fraction of sp³-hybridized carbons (Fsp3) is 0.273. The van der Waals surface area contributed by atoms with E-state index in [4.69, 9.17) is 18.6 Å². The van der Waals surface area contributed by atoms with Gasteiger partial charge in [0.15, 0.2) is 5.76 Å². The van der Waals surface area contributed by atoms with Crippen molar-refractivity contribution in [2.24, 2.45) is 0 Å². The fourth-order valence-electron chi connectivity index (χ4n) is 3.44. The Morgan fingerprint density at radius 1 is 1.03 bits per heavy atom. The number of phenols is 3. The molecule has 0 radical (unpaired) electrons. The van der Waals surface area contributed by atoms with Crippen molar-refractivity contribution in [2.75, 3.05) is 6.61 Å². The number of rotatable bonds is 5. The van der Waals surface area contributed by atoms with Gasteiger partial charge in [-0.2, -0.15) is 0 Å². The Morgan fingerprint density at radius 2 is 1.73 bits per heavy atom. The molecule has 0 spiro atoms. The number of hydrogen-bond donors (Lipinski definition) is 5. The van der Waals surface area contributed by atoms with Crippen LogP contribution >= 0.6 is 0 Å². The minimum atomic E-state index is -1.61. The van der Waals surface area contributed by atoms with Crippen molar-refractivity contribution in [3.05, 3.63) is 46.6 Å². The predicted molar refractivity (Wildman–Crippen MR) is 111 cm³/mol. The lowest BCUT2D eigenvalue weighted by Gasteiger charge is -2.19. The van der Waals surface area contributed by atoms with Crippen molar-refractivity contribution >= 4 is 16.9 Å². The Kier molecular flexibility index (Phi) is 5.85. The number of aliphatic hydroxyl groups excluding tert-OH is 2. The molecule has 1 aliphatic rings. The molecule has 1 aromatic heterocycles. The van der Waals surface area contributed by atoms with Gasteiger partial charge in [-0.15, -0.1) is 0 Å². The minimum Gasteiger partial charge on any atom is -0.508 e. The largest absolute Gasteiger partial charge is 0.508 e. The van der Waals surface area contributed by atoms with E-state index in [9.17, 15) is 35.1 Å². The topological polar surface area (TPSA) is 176 Å². The zero-order valence-electron chi connectivity index (χ0n) is 17.2. The third-order valence-corrected chi connectivity index (χ3v) is 5.05. The van der Waals surface area contributed by atoms with Gasteiger partial charge in [0.25, 0.3) is 0 Å². The van der Waals surface area contributed by atoms with Gasteiger partial charge in [0.2, 0.25) is 17.5 Å². The smallest absolute Gasteiger partial charge is 0.302 e. The number of carbonyl (C=O) groups is 1. The first kappa shape index (κ1) is 22.4. The first-order valence-electron chi connectivity index (χ1n) is 9.79. The summed E-state index contributed by atoms with van der Waals surface area (Å²) in [4.78, 5) is 24.3. The average Bonchev–Trinajstić information content (AvgIpc) is 3.02. The molecular weight excluding hydrogens is 440 g/mol. The normalized spacial score (nSPS) is 22.4. The van der Waals surface area contributed by atoms with E-state index < -0.39 is 47.5 Å². The lowest BCUT2D eigenvalue weighted by atomic mass is 10.1. The van der Waals surface area contributed by atoms with E-state index in [0.29, 0.717) is 0 Å². The molecule has 1 aliphatic heterocycles. The molecule has 174 valence electrons. The molecule has 11 nitrogen and oxygen atoms in total. The number of benzene rings is 2. The molecule has 4 atom stereocenters. The maximum absolute atomic E-state index is 13.2. The van der Waals surface area contributed by atoms with Crippen LogP contribution in [0.4, 0.5) is 0 Å². The van der Waals surface area contributed by atoms with Crippen LogP contribution in [-0.4, -0.2) is 62.7 Å². The van der Waals surface area contributed by atoms with Crippen LogP contribution in [-0.2, 0) is 14.3 Å². The standard InChI is InChI=1S/C22H20O11/c1-9(23)30-8-15-17(27)19(29)22(32-15)33-21-18(28)16-13(26)6-12(25)7-14(16)31-20(21)10-2-4-11(24)5-3-10/h2-7,15,17,19,22,24-27,29H,8H2,1H3/t15-,17-,19+,22-/m0/s1. The third-order valence-electron chi connectivity index (χ3n) is 5.05. The van der Waals surface area contributed by atoms with Crippen molar-refractivity contribution in [3.8, 4) is 34.3 Å². The average molecular weight is 460 g/mol. The summed E-state index contributed by atoms with van der Waals surface area (Å²) >= 11 is 0. The van der Waals surface area contributed by atoms with E-state index in [0.717, 1.165) is 12.1 Å². The molecule has 1 saturated heterocycles. The monoisotopic (exact) mass is 460 g/mol. The van der Waals surface area contributed by atoms with Gasteiger partial charge < -0.3 is 44.2 Å². The number of carbonyl (C=O) groups excluding carboxylic acids is 1. The Hall–Kier alpha value is -3.80. The van der Waals surface area contributed by atoms with E-state index >= 15 is 0 Å². The second-order valence-electron chi connectivity index (χ2n) is 7.42. The van der Waals surface area contributed by atoms with Crippen LogP contribution in [0.15, 0.2) is 45.6 Å². The molecule has 1 fully saturated rings. The van der Waals surface area contributed by atoms with Crippen LogP contribution in [0.3, 0.4) is 0 Å². The summed E-state index contributed by atoms with van der Waals surface area (Å²) in [7, 11) is 0. The quantitative estimate of drug-likeness (QED) is 0.343. The highest BCUT2D eigenvalue weighted by atomic mass is 16.7. The van der Waals surface area contributed by atoms with Gasteiger partial charge in [0.05, 0.1) is 0 Å². The van der Waals surface area contributed by atoms with Gasteiger partial charge in [-0.25, -0.2) is 0 Å². The molecule has 0 saturated carbocycles. The van der Waals surface area contributed by atoms with Gasteiger partial charge in [0, 0.05) is 24.6 Å². The van der Waals surface area contributed by atoms with E-state index in [1.165, 1.54) is 31.2 Å². The van der Waals surface area contributed by atoms with Gasteiger partial charge in [-0.1, -0.05) is 0 Å². The lowest BCUT2D eigenvalue weighted by molar-refractivity contribution is -0.151. The Labute approximate surface area is 185 Å². The number of aliphatic hydroxyl groups is 2. The second kappa shape index (κ2) is 8.62. The van der Waals surface area contributed by atoms with Crippen molar-refractivity contribution in [3.63, 3.8) is 0 Å². The number of aromatic hydroxyl groups is 3. The Balaban J connectivity index is 1.79. The van der Waals surface area contributed by atoms with Crippen LogP contribution in [0.1, 0.15) is 6.92 Å². The van der Waals surface area contributed by atoms with Gasteiger partial charge in [-0.3, -0.25) is 9.59 Å². The van der Waals surface area contributed by atoms with E-state index in [2.05, 4.69) is 0 Å². The van der Waals surface area contributed by atoms with E-state index in [1.54, 1.807) is 0 Å². The molecule has 4 rings (SSSR count). The minimum absolute atomic E-state index is 0.0503. The lowest BCUT2D eigenvalue weighted by Crippen LogP contribution is -2.36. The summed E-state index contributed by atoms with van der Waals surface area (Å²) in [5.41, 5.74) is -0.701. The summed E-state index contributed by atoms with van der Waals surface area (Å²) in [5.74, 6) is -2.19. The first-order valence-corrected chi connectivity index (χ1v) is 9.79. The molecule has 2 aromatic carbocycles. The van der Waals surface area contributed by atoms with Gasteiger partial charge >= 0.3 is 5.97 Å². The maximum atomic E-state index is 13.2. The van der Waals surface area contributed by atoms with Crippen LogP contribution in [0, 0.1) is 0 Å². The summed E-state index contributed by atoms with van der Waals surface area (Å²) in [5, 5.41) is 49.8. The molecule has 11 heteroatoms. The summed E-state index contributed by atoms with van der Waals surface area (Å²) in [6.07, 6.45) is -5.76. The van der Waals surface area contributed by atoms with Crippen LogP contribution in [0.2, 0.25) is 0 Å². The molecule has 33 heavy (non-hydrogen) atoms. The zero-order chi connectivity index (χ0) is 23.9. The predicted octanol–water partition coefficient (Wildman–Crippen LogP) is 0.965. The molecular formula is C22H20O11. The second-order valence-corrected chi connectivity index (χ2v) is 7.42. The van der Waals surface area contributed by atoms with Crippen molar-refractivity contribution < 1.29 is 49.0 Å². The third kappa shape index (κ3) is 4.29. The Morgan fingerprint density at radius 3 is 2.39 bits per heavy atom. The van der Waals surface area contributed by atoms with Gasteiger partial charge in [-0.05, 0) is 24.3 Å². The van der Waals surface area contributed by atoms with E-state index in [1.807, 2.05) is 0 Å². The maximum Gasteiger partial charge on any atom is 0.302 e. The highest BCUT2D eigenvalue weighted by molar-refractivity contribution is 5.88. The number of ether oxygens (including phenoxy) is 3.